The Morgan fingerprint density at radius 1 is 1.04 bits per heavy atom. The van der Waals surface area contributed by atoms with E-state index in [0.717, 1.165) is 17.0 Å². The van der Waals surface area contributed by atoms with Gasteiger partial charge in [-0.05, 0) is 49.7 Å². The number of hydrogen-bond donors (Lipinski definition) is 2. The van der Waals surface area contributed by atoms with Crippen molar-refractivity contribution >= 4 is 40.6 Å². The summed E-state index contributed by atoms with van der Waals surface area (Å²) in [5.74, 6) is 0. The number of carbonyl (C=O) groups is 1. The Morgan fingerprint density at radius 2 is 1.73 bits per heavy atom. The second-order valence-corrected chi connectivity index (χ2v) is 6.80. The molecule has 0 bridgehead atoms. The number of benzene rings is 2. The Kier molecular flexibility index (Phi) is 5.49. The fraction of sp³-hybridized carbons (Fsp3) is 0.158. The first-order valence-electron chi connectivity index (χ1n) is 8.04. The van der Waals surface area contributed by atoms with E-state index < -0.39 is 0 Å². The van der Waals surface area contributed by atoms with E-state index in [-0.39, 0.29) is 6.03 Å². The highest BCUT2D eigenvalue weighted by atomic mass is 35.5. The zero-order valence-electron chi connectivity index (χ0n) is 14.4. The van der Waals surface area contributed by atoms with Gasteiger partial charge in [-0.15, -0.1) is 0 Å². The van der Waals surface area contributed by atoms with Gasteiger partial charge >= 0.3 is 6.03 Å². The monoisotopic (exact) mass is 388 g/mol. The fourth-order valence-electron chi connectivity index (χ4n) is 2.68. The first-order valence-corrected chi connectivity index (χ1v) is 8.80. The standard InChI is InChI=1S/C19H18Cl2N4O/c1-12-18(23-19(26)22-17-8-4-7-16(21)10-17)13(2)25(24-12)11-14-5-3-6-15(20)9-14/h3-10H,11H2,1-2H3,(H2,22,23,26). The lowest BCUT2D eigenvalue weighted by Gasteiger charge is -2.09. The lowest BCUT2D eigenvalue weighted by molar-refractivity contribution is 0.262. The van der Waals surface area contributed by atoms with Gasteiger partial charge in [-0.3, -0.25) is 4.68 Å². The normalized spacial score (nSPS) is 10.6. The largest absolute Gasteiger partial charge is 0.323 e. The molecule has 0 unspecified atom stereocenters. The summed E-state index contributed by atoms with van der Waals surface area (Å²) in [7, 11) is 0. The van der Waals surface area contributed by atoms with Gasteiger partial charge in [0.05, 0.1) is 23.6 Å². The summed E-state index contributed by atoms with van der Waals surface area (Å²) >= 11 is 12.0. The van der Waals surface area contributed by atoms with Crippen LogP contribution in [0, 0.1) is 13.8 Å². The number of aryl methyl sites for hydroxylation is 1. The van der Waals surface area contributed by atoms with E-state index in [0.29, 0.717) is 28.0 Å². The molecule has 0 aliphatic heterocycles. The van der Waals surface area contributed by atoms with Crippen molar-refractivity contribution in [1.82, 2.24) is 9.78 Å². The van der Waals surface area contributed by atoms with Crippen molar-refractivity contribution in [3.8, 4) is 0 Å². The van der Waals surface area contributed by atoms with Crippen LogP contribution in [0.4, 0.5) is 16.2 Å². The third-order valence-electron chi connectivity index (χ3n) is 3.92. The molecule has 0 aliphatic rings. The summed E-state index contributed by atoms with van der Waals surface area (Å²) in [6.45, 7) is 4.35. The first kappa shape index (κ1) is 18.3. The number of aromatic nitrogens is 2. The lowest BCUT2D eigenvalue weighted by atomic mass is 10.2. The van der Waals surface area contributed by atoms with Crippen LogP contribution in [0.2, 0.25) is 10.0 Å². The molecular formula is C19H18Cl2N4O. The van der Waals surface area contributed by atoms with Crippen molar-refractivity contribution in [1.29, 1.82) is 0 Å². The number of nitrogens with zero attached hydrogens (tertiary/aromatic N) is 2. The Morgan fingerprint density at radius 3 is 2.42 bits per heavy atom. The minimum atomic E-state index is -0.347. The van der Waals surface area contributed by atoms with Gasteiger partial charge < -0.3 is 10.6 Å². The zero-order chi connectivity index (χ0) is 18.7. The van der Waals surface area contributed by atoms with Crippen LogP contribution in [0.1, 0.15) is 17.0 Å². The molecule has 26 heavy (non-hydrogen) atoms. The first-order chi connectivity index (χ1) is 12.4. The molecule has 1 heterocycles. The van der Waals surface area contributed by atoms with Crippen molar-refractivity contribution < 1.29 is 4.79 Å². The molecule has 0 aliphatic carbocycles. The van der Waals surface area contributed by atoms with Gasteiger partial charge in [-0.25, -0.2) is 4.79 Å². The molecule has 0 saturated heterocycles. The van der Waals surface area contributed by atoms with E-state index in [1.54, 1.807) is 24.3 Å². The molecule has 2 amide bonds. The van der Waals surface area contributed by atoms with Crippen LogP contribution in [0.5, 0.6) is 0 Å². The SMILES string of the molecule is Cc1nn(Cc2cccc(Cl)c2)c(C)c1NC(=O)Nc1cccc(Cl)c1. The highest BCUT2D eigenvalue weighted by Crippen LogP contribution is 2.22. The van der Waals surface area contributed by atoms with Gasteiger partial charge in [0.1, 0.15) is 0 Å². The Labute approximate surface area is 161 Å². The predicted octanol–water partition coefficient (Wildman–Crippen LogP) is 5.50. The number of rotatable bonds is 4. The number of hydrogen-bond acceptors (Lipinski definition) is 2. The Hall–Kier alpha value is -2.50. The van der Waals surface area contributed by atoms with Gasteiger partial charge in [0, 0.05) is 15.7 Å². The van der Waals surface area contributed by atoms with Crippen molar-refractivity contribution in [2.24, 2.45) is 0 Å². The number of nitrogens with one attached hydrogen (secondary N) is 2. The number of amides is 2. The summed E-state index contributed by atoms with van der Waals surface area (Å²) in [6, 6.07) is 14.3. The molecule has 134 valence electrons. The summed E-state index contributed by atoms with van der Waals surface area (Å²) in [5.41, 5.74) is 3.95. The molecule has 3 rings (SSSR count). The number of urea groups is 1. The maximum Gasteiger partial charge on any atom is 0.323 e. The Bertz CT molecular complexity index is 952. The van der Waals surface area contributed by atoms with Crippen LogP contribution in [-0.4, -0.2) is 15.8 Å². The third-order valence-corrected chi connectivity index (χ3v) is 4.39. The quantitative estimate of drug-likeness (QED) is 0.619. The van der Waals surface area contributed by atoms with Crippen molar-refractivity contribution in [2.45, 2.75) is 20.4 Å². The third kappa shape index (κ3) is 4.36. The van der Waals surface area contributed by atoms with E-state index in [1.165, 1.54) is 0 Å². The summed E-state index contributed by atoms with van der Waals surface area (Å²) < 4.78 is 1.84. The molecule has 1 aromatic heterocycles. The molecule has 2 N–H and O–H groups in total. The van der Waals surface area contributed by atoms with E-state index in [4.69, 9.17) is 23.2 Å². The van der Waals surface area contributed by atoms with Crippen LogP contribution in [0.3, 0.4) is 0 Å². The van der Waals surface area contributed by atoms with Crippen LogP contribution in [0.15, 0.2) is 48.5 Å². The molecule has 0 spiro atoms. The summed E-state index contributed by atoms with van der Waals surface area (Å²) in [6.07, 6.45) is 0. The average Bonchev–Trinajstić information content (AvgIpc) is 2.82. The Balaban J connectivity index is 1.74. The second-order valence-electron chi connectivity index (χ2n) is 5.92. The fourth-order valence-corrected chi connectivity index (χ4v) is 3.09. The summed E-state index contributed by atoms with van der Waals surface area (Å²) in [5, 5.41) is 11.4. The van der Waals surface area contributed by atoms with E-state index in [1.807, 2.05) is 42.8 Å². The molecule has 0 fully saturated rings. The van der Waals surface area contributed by atoms with Crippen molar-refractivity contribution in [2.75, 3.05) is 10.6 Å². The van der Waals surface area contributed by atoms with Gasteiger partial charge in [0.15, 0.2) is 0 Å². The highest BCUT2D eigenvalue weighted by Gasteiger charge is 2.14. The average molecular weight is 389 g/mol. The zero-order valence-corrected chi connectivity index (χ0v) is 15.9. The highest BCUT2D eigenvalue weighted by molar-refractivity contribution is 6.31. The van der Waals surface area contributed by atoms with E-state index >= 15 is 0 Å². The number of carbonyl (C=O) groups excluding carboxylic acids is 1. The van der Waals surface area contributed by atoms with Crippen molar-refractivity contribution in [3.05, 3.63) is 75.5 Å². The van der Waals surface area contributed by atoms with E-state index in [9.17, 15) is 4.79 Å². The maximum absolute atomic E-state index is 12.3. The van der Waals surface area contributed by atoms with Crippen LogP contribution in [-0.2, 0) is 6.54 Å². The second kappa shape index (κ2) is 7.81. The molecular weight excluding hydrogens is 371 g/mol. The van der Waals surface area contributed by atoms with Gasteiger partial charge in [0.2, 0.25) is 0 Å². The molecule has 0 atom stereocenters. The minimum absolute atomic E-state index is 0.347. The lowest BCUT2D eigenvalue weighted by Crippen LogP contribution is -2.20. The van der Waals surface area contributed by atoms with Crippen molar-refractivity contribution in [3.63, 3.8) is 0 Å². The molecule has 3 aromatic rings. The van der Waals surface area contributed by atoms with Gasteiger partial charge in [-0.2, -0.15) is 5.10 Å². The number of anilines is 2. The van der Waals surface area contributed by atoms with Gasteiger partial charge in [-0.1, -0.05) is 41.4 Å². The molecule has 2 aromatic carbocycles. The molecule has 5 nitrogen and oxygen atoms in total. The maximum atomic E-state index is 12.3. The van der Waals surface area contributed by atoms with Crippen LogP contribution >= 0.6 is 23.2 Å². The smallest absolute Gasteiger partial charge is 0.308 e. The molecule has 0 radical (unpaired) electrons. The summed E-state index contributed by atoms with van der Waals surface area (Å²) in [4.78, 5) is 12.3. The van der Waals surface area contributed by atoms with Crippen LogP contribution < -0.4 is 10.6 Å². The molecule has 7 heteroatoms. The van der Waals surface area contributed by atoms with Gasteiger partial charge in [0.25, 0.3) is 0 Å². The topological polar surface area (TPSA) is 59.0 Å². The number of halogens is 2. The van der Waals surface area contributed by atoms with Crippen LogP contribution in [0.25, 0.3) is 0 Å². The predicted molar refractivity (Wildman–Crippen MR) is 106 cm³/mol. The van der Waals surface area contributed by atoms with E-state index in [2.05, 4.69) is 15.7 Å². The minimum Gasteiger partial charge on any atom is -0.308 e. The molecule has 0 saturated carbocycles.